The minimum atomic E-state index is -4.71. The van der Waals surface area contributed by atoms with Gasteiger partial charge in [-0.25, -0.2) is 4.98 Å². The van der Waals surface area contributed by atoms with E-state index in [1.807, 2.05) is 0 Å². The van der Waals surface area contributed by atoms with Gasteiger partial charge in [-0.2, -0.15) is 9.97 Å². The van der Waals surface area contributed by atoms with Crippen molar-refractivity contribution < 1.29 is 19.1 Å². The molecule has 0 saturated carbocycles. The maximum Gasteiger partial charge on any atom is 0.357 e. The maximum absolute atomic E-state index is 12.4. The molecule has 0 aliphatic heterocycles. The van der Waals surface area contributed by atoms with Crippen LogP contribution in [0.3, 0.4) is 0 Å². The lowest BCUT2D eigenvalue weighted by Gasteiger charge is -2.43. The molecule has 2 aromatic rings. The number of hydrogen-bond acceptors (Lipinski definition) is 7. The molecular weight excluding hydrogens is 423 g/mol. The van der Waals surface area contributed by atoms with E-state index < -0.39 is 30.9 Å². The first-order valence-corrected chi connectivity index (χ1v) is 10.8. The summed E-state index contributed by atoms with van der Waals surface area (Å²) in [5.74, 6) is -1.10. The Bertz CT molecular complexity index is 961. The number of halogens is 1. The van der Waals surface area contributed by atoms with Crippen LogP contribution in [0.15, 0.2) is 11.4 Å². The number of nitrogens with zero attached hydrogens (tertiary/aromatic N) is 7. The lowest BCUT2D eigenvalue weighted by Crippen LogP contribution is -2.47. The number of fused-ring (bicyclic) bond motifs is 1. The van der Waals surface area contributed by atoms with E-state index in [0.29, 0.717) is 11.2 Å². The highest BCUT2D eigenvalue weighted by Crippen LogP contribution is 2.59. The summed E-state index contributed by atoms with van der Waals surface area (Å²) in [6.45, 7) is 6.57. The van der Waals surface area contributed by atoms with E-state index in [2.05, 4.69) is 25.0 Å². The molecule has 0 spiro atoms. The molecule has 0 amide bonds. The number of hydrogen-bond donors (Lipinski definition) is 3. The van der Waals surface area contributed by atoms with Gasteiger partial charge in [0.2, 0.25) is 5.95 Å². The van der Waals surface area contributed by atoms with Gasteiger partial charge in [0.1, 0.15) is 5.52 Å². The fraction of sp³-hybridized carbons (Fsp3) is 0.667. The lowest BCUT2D eigenvalue weighted by molar-refractivity contribution is -0.106. The first kappa shape index (κ1) is 23.3. The van der Waals surface area contributed by atoms with Gasteiger partial charge < -0.3 is 24.8 Å². The SMILES string of the molecule is CC(C)C(OC(CN=[N+]=[N-])Cn1cnc2c(Cl)nc(N)nc21)(C(C)C)P(=O)(O)O. The van der Waals surface area contributed by atoms with Gasteiger partial charge in [0.15, 0.2) is 16.1 Å². The minimum Gasteiger partial charge on any atom is -0.368 e. The number of rotatable bonds is 9. The largest absolute Gasteiger partial charge is 0.368 e. The molecule has 4 N–H and O–H groups in total. The Balaban J connectivity index is 2.49. The summed E-state index contributed by atoms with van der Waals surface area (Å²) >= 11 is 6.04. The van der Waals surface area contributed by atoms with Crippen LogP contribution >= 0.6 is 19.2 Å². The van der Waals surface area contributed by atoms with Gasteiger partial charge >= 0.3 is 7.60 Å². The smallest absolute Gasteiger partial charge is 0.357 e. The van der Waals surface area contributed by atoms with Gasteiger partial charge in [-0.15, -0.1) is 0 Å². The highest BCUT2D eigenvalue weighted by Gasteiger charge is 2.54. The number of aromatic nitrogens is 4. The predicted molar refractivity (Wildman–Crippen MR) is 108 cm³/mol. The van der Waals surface area contributed by atoms with Crippen LogP contribution < -0.4 is 5.73 Å². The van der Waals surface area contributed by atoms with Crippen LogP contribution in [0.5, 0.6) is 0 Å². The van der Waals surface area contributed by atoms with Crippen molar-refractivity contribution in [2.24, 2.45) is 17.0 Å². The number of nitrogens with two attached hydrogens (primary N) is 1. The predicted octanol–water partition coefficient (Wildman–Crippen LogP) is 2.94. The van der Waals surface area contributed by atoms with Crippen molar-refractivity contribution >= 4 is 36.3 Å². The summed E-state index contributed by atoms with van der Waals surface area (Å²) in [4.78, 5) is 35.1. The molecule has 0 aromatic carbocycles. The molecule has 1 unspecified atom stereocenters. The van der Waals surface area contributed by atoms with E-state index >= 15 is 0 Å². The lowest BCUT2D eigenvalue weighted by atomic mass is 9.95. The number of ether oxygens (including phenoxy) is 1. The summed E-state index contributed by atoms with van der Waals surface area (Å²) in [6, 6.07) is 0. The number of azide groups is 1. The van der Waals surface area contributed by atoms with Gasteiger partial charge in [0.05, 0.1) is 25.5 Å². The van der Waals surface area contributed by atoms with E-state index in [1.165, 1.54) is 6.33 Å². The summed E-state index contributed by atoms with van der Waals surface area (Å²) in [5, 5.41) is 1.84. The first-order chi connectivity index (χ1) is 13.4. The summed E-state index contributed by atoms with van der Waals surface area (Å²) in [5.41, 5.74) is 15.0. The number of imidazole rings is 1. The molecule has 0 saturated heterocycles. The molecule has 1 atom stereocenters. The Morgan fingerprint density at radius 2 is 2.00 bits per heavy atom. The zero-order chi connectivity index (χ0) is 22.0. The average Bonchev–Trinajstić information content (AvgIpc) is 2.98. The molecule has 2 rings (SSSR count). The van der Waals surface area contributed by atoms with Crippen molar-refractivity contribution in [1.29, 1.82) is 0 Å². The van der Waals surface area contributed by atoms with Crippen LogP contribution in [0.2, 0.25) is 5.15 Å². The van der Waals surface area contributed by atoms with Crippen molar-refractivity contribution in [3.05, 3.63) is 21.9 Å². The van der Waals surface area contributed by atoms with Crippen LogP contribution in [-0.2, 0) is 15.8 Å². The zero-order valence-electron chi connectivity index (χ0n) is 16.5. The van der Waals surface area contributed by atoms with Gasteiger partial charge in [-0.1, -0.05) is 44.4 Å². The highest BCUT2D eigenvalue weighted by atomic mass is 35.5. The molecule has 160 valence electrons. The standard InChI is InChI=1S/C15H24ClN8O4P/c1-8(2)15(9(3)4,29(25,26)27)28-10(5-20-23-18)6-24-7-19-11-12(16)21-14(17)22-13(11)24/h7-10H,5-6H2,1-4H3,(H2,17,21,22)(H2,25,26,27). The third-order valence-electron chi connectivity index (χ3n) is 4.65. The molecule has 2 aromatic heterocycles. The van der Waals surface area contributed by atoms with Crippen molar-refractivity contribution in [3.8, 4) is 0 Å². The van der Waals surface area contributed by atoms with E-state index in [0.717, 1.165) is 0 Å². The van der Waals surface area contributed by atoms with Gasteiger partial charge in [-0.05, 0) is 17.4 Å². The van der Waals surface area contributed by atoms with Gasteiger partial charge in [-0.3, -0.25) is 4.57 Å². The summed E-state index contributed by atoms with van der Waals surface area (Å²) < 4.78 is 20.0. The average molecular weight is 447 g/mol. The third-order valence-corrected chi connectivity index (χ3v) is 6.96. The monoisotopic (exact) mass is 446 g/mol. The normalized spacial score (nSPS) is 13.8. The number of nitrogen functional groups attached to an aromatic ring is 1. The molecule has 0 bridgehead atoms. The Kier molecular flexibility index (Phi) is 7.10. The maximum atomic E-state index is 12.4. The number of anilines is 1. The van der Waals surface area contributed by atoms with Crippen LogP contribution in [0.1, 0.15) is 27.7 Å². The highest BCUT2D eigenvalue weighted by molar-refractivity contribution is 7.53. The zero-order valence-corrected chi connectivity index (χ0v) is 18.1. The van der Waals surface area contributed by atoms with Gasteiger partial charge in [0, 0.05) is 4.91 Å². The second-order valence-corrected chi connectivity index (χ2v) is 9.35. The van der Waals surface area contributed by atoms with Crippen LogP contribution in [0.4, 0.5) is 5.95 Å². The molecule has 29 heavy (non-hydrogen) atoms. The molecular formula is C15H24ClN8O4P. The van der Waals surface area contributed by atoms with Crippen LogP contribution in [-0.4, -0.2) is 47.3 Å². The summed E-state index contributed by atoms with van der Waals surface area (Å²) in [7, 11) is -4.71. The van der Waals surface area contributed by atoms with Crippen molar-refractivity contribution in [3.63, 3.8) is 0 Å². The fourth-order valence-corrected chi connectivity index (χ4v) is 5.34. The topological polar surface area (TPSA) is 185 Å². The Hall–Kier alpha value is -1.94. The summed E-state index contributed by atoms with van der Waals surface area (Å²) in [6.07, 6.45) is 0.553. The fourth-order valence-electron chi connectivity index (χ4n) is 3.49. The second kappa shape index (κ2) is 8.83. The van der Waals surface area contributed by atoms with Crippen LogP contribution in [0, 0.1) is 11.8 Å². The Labute approximate surface area is 172 Å². The van der Waals surface area contributed by atoms with E-state index in [1.54, 1.807) is 32.3 Å². The Morgan fingerprint density at radius 1 is 1.38 bits per heavy atom. The quantitative estimate of drug-likeness (QED) is 0.172. The van der Waals surface area contributed by atoms with Crippen molar-refractivity contribution in [2.45, 2.75) is 45.7 Å². The Morgan fingerprint density at radius 3 is 2.52 bits per heavy atom. The second-order valence-electron chi connectivity index (χ2n) is 7.20. The molecule has 0 radical (unpaired) electrons. The molecule has 2 heterocycles. The molecule has 0 aliphatic rings. The first-order valence-electron chi connectivity index (χ1n) is 8.82. The third kappa shape index (κ3) is 4.63. The van der Waals surface area contributed by atoms with Gasteiger partial charge in [0.25, 0.3) is 0 Å². The molecule has 12 nitrogen and oxygen atoms in total. The van der Waals surface area contributed by atoms with E-state index in [-0.39, 0.29) is 24.2 Å². The minimum absolute atomic E-state index is 0.0451. The van der Waals surface area contributed by atoms with Crippen molar-refractivity contribution in [2.75, 3.05) is 12.3 Å². The van der Waals surface area contributed by atoms with E-state index in [4.69, 9.17) is 27.6 Å². The molecule has 14 heteroatoms. The van der Waals surface area contributed by atoms with E-state index in [9.17, 15) is 14.4 Å². The van der Waals surface area contributed by atoms with Crippen LogP contribution in [0.25, 0.3) is 21.6 Å². The van der Waals surface area contributed by atoms with Crippen molar-refractivity contribution in [1.82, 2.24) is 19.5 Å². The molecule has 0 fully saturated rings. The molecule has 0 aliphatic carbocycles.